The van der Waals surface area contributed by atoms with E-state index in [0.717, 1.165) is 17.5 Å². The van der Waals surface area contributed by atoms with E-state index < -0.39 is 6.55 Å². The van der Waals surface area contributed by atoms with Crippen molar-refractivity contribution in [2.45, 2.75) is 26.4 Å². The van der Waals surface area contributed by atoms with Crippen LogP contribution in [0, 0.1) is 0 Å². The lowest BCUT2D eigenvalue weighted by molar-refractivity contribution is 0.0671. The Morgan fingerprint density at radius 2 is 2.35 bits per heavy atom. The molecule has 1 N–H and O–H groups in total. The highest BCUT2D eigenvalue weighted by atomic mass is 32.1. The van der Waals surface area contributed by atoms with Crippen molar-refractivity contribution in [1.82, 2.24) is 19.8 Å². The van der Waals surface area contributed by atoms with Gasteiger partial charge in [-0.2, -0.15) is 8.78 Å². The zero-order valence-corrected chi connectivity index (χ0v) is 14.1. The van der Waals surface area contributed by atoms with E-state index in [0.29, 0.717) is 12.5 Å². The molecule has 2 aromatic rings. The molecule has 23 heavy (non-hydrogen) atoms. The molecule has 0 bridgehead atoms. The van der Waals surface area contributed by atoms with Crippen LogP contribution < -0.4 is 5.32 Å². The Morgan fingerprint density at radius 3 is 3.00 bits per heavy atom. The normalized spacial score (nSPS) is 12.0. The number of guanidine groups is 1. The van der Waals surface area contributed by atoms with Crippen LogP contribution in [0.2, 0.25) is 0 Å². The number of alkyl halides is 2. The number of nitrogens with one attached hydrogen (secondary N) is 1. The summed E-state index contributed by atoms with van der Waals surface area (Å²) in [5.74, 6) is 0.940. The van der Waals surface area contributed by atoms with Crippen LogP contribution in [-0.2, 0) is 13.0 Å². The quantitative estimate of drug-likeness (QED) is 0.622. The van der Waals surface area contributed by atoms with Crippen molar-refractivity contribution in [3.8, 4) is 0 Å². The Kier molecular flexibility index (Phi) is 6.52. The lowest BCUT2D eigenvalue weighted by Crippen LogP contribution is -2.40. The van der Waals surface area contributed by atoms with E-state index in [1.165, 1.54) is 17.3 Å². The van der Waals surface area contributed by atoms with Crippen molar-refractivity contribution in [2.24, 2.45) is 4.99 Å². The van der Waals surface area contributed by atoms with E-state index in [1.54, 1.807) is 11.3 Å². The molecule has 0 atom stereocenters. The van der Waals surface area contributed by atoms with Gasteiger partial charge in [0, 0.05) is 37.4 Å². The molecule has 0 aliphatic heterocycles. The van der Waals surface area contributed by atoms with Gasteiger partial charge in [0.25, 0.3) is 0 Å². The van der Waals surface area contributed by atoms with Gasteiger partial charge < -0.3 is 10.2 Å². The van der Waals surface area contributed by atoms with E-state index in [-0.39, 0.29) is 12.4 Å². The highest BCUT2D eigenvalue weighted by Gasteiger charge is 2.12. The molecule has 0 fully saturated rings. The van der Waals surface area contributed by atoms with Gasteiger partial charge in [0.15, 0.2) is 5.96 Å². The third kappa shape index (κ3) is 5.02. The number of nitrogens with zero attached hydrogens (tertiary/aromatic N) is 4. The Hall–Kier alpha value is -1.96. The number of aromatic nitrogens is 2. The summed E-state index contributed by atoms with van der Waals surface area (Å²) in [6, 6.07) is 4.13. The van der Waals surface area contributed by atoms with Gasteiger partial charge in [-0.15, -0.1) is 11.3 Å². The number of hydrogen-bond acceptors (Lipinski definition) is 3. The minimum atomic E-state index is -2.60. The molecule has 8 heteroatoms. The van der Waals surface area contributed by atoms with Crippen LogP contribution >= 0.6 is 11.3 Å². The van der Waals surface area contributed by atoms with E-state index in [4.69, 9.17) is 0 Å². The predicted molar refractivity (Wildman–Crippen MR) is 88.9 cm³/mol. The SMILES string of the molecule is CCNC(=NCc1nccn1C(F)F)N(C)CCc1cccs1. The first-order valence-corrected chi connectivity index (χ1v) is 8.31. The number of hydrogen-bond donors (Lipinski definition) is 1. The van der Waals surface area contributed by atoms with Gasteiger partial charge in [0.2, 0.25) is 0 Å². The Labute approximate surface area is 138 Å². The van der Waals surface area contributed by atoms with Crippen molar-refractivity contribution in [1.29, 1.82) is 0 Å². The maximum Gasteiger partial charge on any atom is 0.319 e. The maximum absolute atomic E-state index is 12.8. The van der Waals surface area contributed by atoms with E-state index in [2.05, 4.69) is 26.7 Å². The summed E-state index contributed by atoms with van der Waals surface area (Å²) in [5, 5.41) is 5.23. The van der Waals surface area contributed by atoms with Gasteiger partial charge >= 0.3 is 6.55 Å². The van der Waals surface area contributed by atoms with Gasteiger partial charge in [0.1, 0.15) is 12.4 Å². The average Bonchev–Trinajstić information content (AvgIpc) is 3.19. The standard InChI is InChI=1S/C15H21F2N5S/c1-3-18-15(21(2)8-6-12-5-4-10-23-12)20-11-13-19-7-9-22(13)14(16)17/h4-5,7,9-10,14H,3,6,8,11H2,1-2H3,(H,18,20). The number of likely N-dealkylation sites (N-methyl/N-ethyl adjacent to an activating group) is 1. The van der Waals surface area contributed by atoms with Crippen LogP contribution in [0.3, 0.4) is 0 Å². The summed E-state index contributed by atoms with van der Waals surface area (Å²) in [6.07, 6.45) is 3.55. The molecule has 0 amide bonds. The van der Waals surface area contributed by atoms with Crippen LogP contribution in [0.1, 0.15) is 24.2 Å². The second-order valence-electron chi connectivity index (χ2n) is 4.95. The summed E-state index contributed by atoms with van der Waals surface area (Å²) in [5.41, 5.74) is 0. The molecule has 2 heterocycles. The minimum Gasteiger partial charge on any atom is -0.357 e. The van der Waals surface area contributed by atoms with Crippen LogP contribution in [-0.4, -0.2) is 40.5 Å². The van der Waals surface area contributed by atoms with E-state index in [9.17, 15) is 8.78 Å². The Balaban J connectivity index is 1.99. The first-order chi connectivity index (χ1) is 11.1. The lowest BCUT2D eigenvalue weighted by Gasteiger charge is -2.21. The van der Waals surface area contributed by atoms with Crippen LogP contribution in [0.5, 0.6) is 0 Å². The fourth-order valence-electron chi connectivity index (χ4n) is 2.10. The van der Waals surface area contributed by atoms with Crippen LogP contribution in [0.25, 0.3) is 0 Å². The first kappa shape index (κ1) is 17.4. The second-order valence-corrected chi connectivity index (χ2v) is 5.98. The molecule has 2 rings (SSSR count). The third-order valence-corrected chi connectivity index (χ3v) is 4.24. The highest BCUT2D eigenvalue weighted by molar-refractivity contribution is 7.09. The van der Waals surface area contributed by atoms with E-state index >= 15 is 0 Å². The van der Waals surface area contributed by atoms with Crippen LogP contribution in [0.4, 0.5) is 8.78 Å². The maximum atomic E-state index is 12.8. The number of halogens is 2. The molecule has 0 unspecified atom stereocenters. The van der Waals surface area contributed by atoms with Gasteiger partial charge in [0.05, 0.1) is 0 Å². The molecule has 0 aliphatic carbocycles. The number of thiophene rings is 1. The molecular formula is C15H21F2N5S. The fraction of sp³-hybridized carbons (Fsp3) is 0.467. The molecule has 0 aromatic carbocycles. The third-order valence-electron chi connectivity index (χ3n) is 3.30. The monoisotopic (exact) mass is 341 g/mol. The molecule has 0 saturated carbocycles. The predicted octanol–water partition coefficient (Wildman–Crippen LogP) is 2.98. The summed E-state index contributed by atoms with van der Waals surface area (Å²) >= 11 is 1.72. The van der Waals surface area contributed by atoms with Crippen molar-refractivity contribution >= 4 is 17.3 Å². The summed E-state index contributed by atoms with van der Waals surface area (Å²) < 4.78 is 26.5. The first-order valence-electron chi connectivity index (χ1n) is 7.43. The molecule has 0 saturated heterocycles. The van der Waals surface area contributed by atoms with Gasteiger partial charge in [-0.25, -0.2) is 9.98 Å². The topological polar surface area (TPSA) is 45.5 Å². The molecule has 2 aromatic heterocycles. The second kappa shape index (κ2) is 8.61. The molecule has 5 nitrogen and oxygen atoms in total. The Bertz CT molecular complexity index is 609. The van der Waals surface area contributed by atoms with Gasteiger partial charge in [-0.1, -0.05) is 6.07 Å². The van der Waals surface area contributed by atoms with Crippen molar-refractivity contribution in [3.63, 3.8) is 0 Å². The van der Waals surface area contributed by atoms with Crippen molar-refractivity contribution in [3.05, 3.63) is 40.6 Å². The zero-order chi connectivity index (χ0) is 16.7. The summed E-state index contributed by atoms with van der Waals surface area (Å²) in [7, 11) is 1.94. The minimum absolute atomic E-state index is 0.114. The molecule has 0 radical (unpaired) electrons. The summed E-state index contributed by atoms with van der Waals surface area (Å²) in [6.45, 7) is 1.01. The van der Waals surface area contributed by atoms with Gasteiger partial charge in [-0.3, -0.25) is 4.57 Å². The number of imidazole rings is 1. The van der Waals surface area contributed by atoms with E-state index in [1.807, 2.05) is 24.9 Å². The zero-order valence-electron chi connectivity index (χ0n) is 13.2. The molecule has 126 valence electrons. The number of rotatable bonds is 7. The Morgan fingerprint density at radius 1 is 1.52 bits per heavy atom. The van der Waals surface area contributed by atoms with Crippen molar-refractivity contribution < 1.29 is 8.78 Å². The highest BCUT2D eigenvalue weighted by Crippen LogP contribution is 2.13. The molecule has 0 spiro atoms. The smallest absolute Gasteiger partial charge is 0.319 e. The average molecular weight is 341 g/mol. The largest absolute Gasteiger partial charge is 0.357 e. The molecule has 0 aliphatic rings. The lowest BCUT2D eigenvalue weighted by atomic mass is 10.3. The van der Waals surface area contributed by atoms with Crippen LogP contribution in [0.15, 0.2) is 34.9 Å². The number of aliphatic imine (C=N–C) groups is 1. The summed E-state index contributed by atoms with van der Waals surface area (Å²) in [4.78, 5) is 11.7. The molecular weight excluding hydrogens is 320 g/mol. The fourth-order valence-corrected chi connectivity index (χ4v) is 2.80. The van der Waals surface area contributed by atoms with Crippen molar-refractivity contribution in [2.75, 3.05) is 20.1 Å². The van der Waals surface area contributed by atoms with Gasteiger partial charge in [-0.05, 0) is 24.8 Å².